The third-order valence-electron chi connectivity index (χ3n) is 2.68. The third kappa shape index (κ3) is 5.13. The van der Waals surface area contributed by atoms with E-state index in [0.717, 1.165) is 0 Å². The highest BCUT2D eigenvalue weighted by molar-refractivity contribution is 5.73. The molecule has 1 aromatic carbocycles. The minimum Gasteiger partial charge on any atom is -0.389 e. The molecule has 0 heterocycles. The lowest BCUT2D eigenvalue weighted by molar-refractivity contribution is 0.0532. The van der Waals surface area contributed by atoms with Gasteiger partial charge >= 0.3 is 6.03 Å². The number of likely N-dealkylation sites (N-methyl/N-ethyl adjacent to an activating group) is 1. The number of hydrogen-bond acceptors (Lipinski definition) is 2. The van der Waals surface area contributed by atoms with E-state index < -0.39 is 23.3 Å². The Kier molecular flexibility index (Phi) is 5.44. The number of aliphatic hydroxyl groups is 1. The predicted octanol–water partition coefficient (Wildman–Crippen LogP) is 1.92. The number of nitrogens with one attached hydrogen (secondary N) is 1. The van der Waals surface area contributed by atoms with Crippen LogP contribution < -0.4 is 5.32 Å². The summed E-state index contributed by atoms with van der Waals surface area (Å²) in [4.78, 5) is 13.0. The van der Waals surface area contributed by atoms with Crippen molar-refractivity contribution in [1.29, 1.82) is 0 Å². The van der Waals surface area contributed by atoms with Gasteiger partial charge in [-0.15, -0.1) is 0 Å². The molecule has 2 N–H and O–H groups in total. The number of halogens is 2. The molecule has 2 amide bonds. The fraction of sp³-hybridized carbons (Fsp3) is 0.500. The molecule has 112 valence electrons. The van der Waals surface area contributed by atoms with Gasteiger partial charge in [0.25, 0.3) is 0 Å². The van der Waals surface area contributed by atoms with Crippen molar-refractivity contribution in [3.8, 4) is 0 Å². The lowest BCUT2D eigenvalue weighted by Gasteiger charge is -2.25. The maximum atomic E-state index is 13.4. The second-order valence-corrected chi connectivity index (χ2v) is 5.35. The molecule has 1 rings (SSSR count). The molecule has 0 aliphatic carbocycles. The van der Waals surface area contributed by atoms with Gasteiger partial charge in [0.2, 0.25) is 0 Å². The largest absolute Gasteiger partial charge is 0.389 e. The molecule has 0 radical (unpaired) electrons. The minimum atomic E-state index is -0.996. The van der Waals surface area contributed by atoms with E-state index in [4.69, 9.17) is 0 Å². The van der Waals surface area contributed by atoms with Gasteiger partial charge in [0.15, 0.2) is 0 Å². The minimum absolute atomic E-state index is 0.0436. The number of carbonyl (C=O) groups is 1. The van der Waals surface area contributed by atoms with E-state index in [2.05, 4.69) is 5.32 Å². The standard InChI is InChI=1S/C14H20F2N2O2/c1-14(2,20)9-18(3)13(19)17-8-7-10-11(15)5-4-6-12(10)16/h4-6,20H,7-9H2,1-3H3,(H,17,19). The Morgan fingerprint density at radius 1 is 1.35 bits per heavy atom. The van der Waals surface area contributed by atoms with Gasteiger partial charge < -0.3 is 15.3 Å². The summed E-state index contributed by atoms with van der Waals surface area (Å²) >= 11 is 0. The Labute approximate surface area is 117 Å². The van der Waals surface area contributed by atoms with Crippen LogP contribution in [-0.2, 0) is 6.42 Å². The van der Waals surface area contributed by atoms with Crippen LogP contribution in [0.3, 0.4) is 0 Å². The van der Waals surface area contributed by atoms with E-state index in [1.807, 2.05) is 0 Å². The van der Waals surface area contributed by atoms with Gasteiger partial charge in [-0.2, -0.15) is 0 Å². The van der Waals surface area contributed by atoms with Crippen LogP contribution in [0, 0.1) is 11.6 Å². The first-order chi connectivity index (χ1) is 9.20. The highest BCUT2D eigenvalue weighted by atomic mass is 19.1. The van der Waals surface area contributed by atoms with E-state index in [-0.39, 0.29) is 25.1 Å². The van der Waals surface area contributed by atoms with Crippen molar-refractivity contribution in [1.82, 2.24) is 10.2 Å². The van der Waals surface area contributed by atoms with Gasteiger partial charge in [0.1, 0.15) is 11.6 Å². The highest BCUT2D eigenvalue weighted by Gasteiger charge is 2.19. The van der Waals surface area contributed by atoms with E-state index in [1.54, 1.807) is 13.8 Å². The van der Waals surface area contributed by atoms with Gasteiger partial charge in [-0.05, 0) is 32.4 Å². The maximum absolute atomic E-state index is 13.4. The molecule has 0 aliphatic heterocycles. The number of hydrogen-bond donors (Lipinski definition) is 2. The molecule has 1 aromatic rings. The van der Waals surface area contributed by atoms with Gasteiger partial charge in [0.05, 0.1) is 12.1 Å². The summed E-state index contributed by atoms with van der Waals surface area (Å²) in [6.07, 6.45) is 0.0700. The third-order valence-corrected chi connectivity index (χ3v) is 2.68. The summed E-state index contributed by atoms with van der Waals surface area (Å²) in [5.41, 5.74) is -1.04. The Bertz CT molecular complexity index is 452. The molecule has 0 saturated carbocycles. The van der Waals surface area contributed by atoms with Crippen LogP contribution in [0.4, 0.5) is 13.6 Å². The van der Waals surface area contributed by atoms with Crippen molar-refractivity contribution in [3.63, 3.8) is 0 Å². The predicted molar refractivity (Wildman–Crippen MR) is 72.4 cm³/mol. The molecule has 0 atom stereocenters. The summed E-state index contributed by atoms with van der Waals surface area (Å²) < 4.78 is 26.7. The van der Waals surface area contributed by atoms with E-state index in [1.165, 1.54) is 30.1 Å². The molecule has 4 nitrogen and oxygen atoms in total. The lowest BCUT2D eigenvalue weighted by atomic mass is 10.1. The number of nitrogens with zero attached hydrogens (tertiary/aromatic N) is 1. The van der Waals surface area contributed by atoms with Crippen LogP contribution in [-0.4, -0.2) is 41.8 Å². The van der Waals surface area contributed by atoms with E-state index in [0.29, 0.717) is 0 Å². The average molecular weight is 286 g/mol. The average Bonchev–Trinajstić information content (AvgIpc) is 2.30. The summed E-state index contributed by atoms with van der Waals surface area (Å²) in [6.45, 7) is 3.46. The normalized spacial score (nSPS) is 11.3. The second-order valence-electron chi connectivity index (χ2n) is 5.35. The van der Waals surface area contributed by atoms with Crippen LogP contribution in [0.15, 0.2) is 18.2 Å². The molecule has 0 saturated heterocycles. The molecule has 20 heavy (non-hydrogen) atoms. The first-order valence-corrected chi connectivity index (χ1v) is 6.35. The van der Waals surface area contributed by atoms with E-state index >= 15 is 0 Å². The Morgan fingerprint density at radius 2 is 1.90 bits per heavy atom. The van der Waals surface area contributed by atoms with Crippen LogP contribution in [0.25, 0.3) is 0 Å². The first-order valence-electron chi connectivity index (χ1n) is 6.35. The molecule has 0 fully saturated rings. The van der Waals surface area contributed by atoms with Crippen LogP contribution in [0.5, 0.6) is 0 Å². The number of benzene rings is 1. The zero-order chi connectivity index (χ0) is 15.3. The summed E-state index contributed by atoms with van der Waals surface area (Å²) in [6, 6.07) is 3.26. The molecule has 0 unspecified atom stereocenters. The van der Waals surface area contributed by atoms with Crippen molar-refractivity contribution in [2.45, 2.75) is 25.9 Å². The maximum Gasteiger partial charge on any atom is 0.317 e. The van der Waals surface area contributed by atoms with Crippen molar-refractivity contribution in [3.05, 3.63) is 35.4 Å². The molecular weight excluding hydrogens is 266 g/mol. The van der Waals surface area contributed by atoms with Crippen LogP contribution >= 0.6 is 0 Å². The van der Waals surface area contributed by atoms with Gasteiger partial charge in [-0.25, -0.2) is 13.6 Å². The lowest BCUT2D eigenvalue weighted by Crippen LogP contribution is -2.45. The Morgan fingerprint density at radius 3 is 2.40 bits per heavy atom. The molecule has 0 aromatic heterocycles. The number of amides is 2. The first kappa shape index (κ1) is 16.4. The zero-order valence-electron chi connectivity index (χ0n) is 11.9. The quantitative estimate of drug-likeness (QED) is 0.869. The fourth-order valence-corrected chi connectivity index (χ4v) is 1.85. The van der Waals surface area contributed by atoms with Crippen LogP contribution in [0.1, 0.15) is 19.4 Å². The van der Waals surface area contributed by atoms with Gasteiger partial charge in [-0.1, -0.05) is 6.07 Å². The number of urea groups is 1. The molecule has 0 aliphatic rings. The molecule has 6 heteroatoms. The van der Waals surface area contributed by atoms with E-state index in [9.17, 15) is 18.7 Å². The SMILES string of the molecule is CN(CC(C)(C)O)C(=O)NCCc1c(F)cccc1F. The summed E-state index contributed by atoms with van der Waals surface area (Å²) in [7, 11) is 1.54. The number of carbonyl (C=O) groups excluding carboxylic acids is 1. The van der Waals surface area contributed by atoms with Crippen molar-refractivity contribution in [2.75, 3.05) is 20.1 Å². The highest BCUT2D eigenvalue weighted by Crippen LogP contribution is 2.12. The summed E-state index contributed by atoms with van der Waals surface area (Å²) in [5.74, 6) is -1.24. The molecular formula is C14H20F2N2O2. The molecule has 0 bridgehead atoms. The van der Waals surface area contributed by atoms with Crippen molar-refractivity contribution in [2.24, 2.45) is 0 Å². The molecule has 0 spiro atoms. The summed E-state index contributed by atoms with van der Waals surface area (Å²) in [5, 5.41) is 12.1. The smallest absolute Gasteiger partial charge is 0.317 e. The number of rotatable bonds is 5. The zero-order valence-corrected chi connectivity index (χ0v) is 11.9. The van der Waals surface area contributed by atoms with Crippen molar-refractivity contribution < 1.29 is 18.7 Å². The fourth-order valence-electron chi connectivity index (χ4n) is 1.85. The second kappa shape index (κ2) is 6.65. The topological polar surface area (TPSA) is 52.6 Å². The van der Waals surface area contributed by atoms with Crippen molar-refractivity contribution >= 4 is 6.03 Å². The Balaban J connectivity index is 2.46. The van der Waals surface area contributed by atoms with Gasteiger partial charge in [0, 0.05) is 19.2 Å². The monoisotopic (exact) mass is 286 g/mol. The Hall–Kier alpha value is -1.69. The van der Waals surface area contributed by atoms with Gasteiger partial charge in [-0.3, -0.25) is 0 Å². The van der Waals surface area contributed by atoms with Crippen LogP contribution in [0.2, 0.25) is 0 Å².